The first-order chi connectivity index (χ1) is 9.86. The van der Waals surface area contributed by atoms with E-state index in [1.54, 1.807) is 14.1 Å². The molecular formula is C15H19BrN3O2+. The van der Waals surface area contributed by atoms with Gasteiger partial charge in [0.1, 0.15) is 5.84 Å². The number of likely N-dealkylation sites (N-methyl/N-ethyl adjacent to an activating group) is 1. The highest BCUT2D eigenvalue weighted by Crippen LogP contribution is 2.45. The Labute approximate surface area is 132 Å². The van der Waals surface area contributed by atoms with Crippen LogP contribution in [0.15, 0.2) is 33.7 Å². The van der Waals surface area contributed by atoms with Crippen molar-refractivity contribution in [3.8, 4) is 0 Å². The number of benzene rings is 1. The van der Waals surface area contributed by atoms with E-state index in [1.807, 2.05) is 24.3 Å². The van der Waals surface area contributed by atoms with Gasteiger partial charge in [0.15, 0.2) is 0 Å². The standard InChI is InChI=1S/C15H18BrN3O2/c1-19(2)13(21)12(20)18-14(17)15(8-3-9-15)10-4-6-11(16)7-5-10/h4-7H,3,8-9H2,1-2H3,(H2,17,18,20)/p+1. The largest absolute Gasteiger partial charge is 0.575 e. The number of rotatable bonds is 2. The van der Waals surface area contributed by atoms with Gasteiger partial charge in [-0.05, 0) is 30.5 Å². The minimum Gasteiger partial charge on any atom is -0.575 e. The van der Waals surface area contributed by atoms with Crippen LogP contribution >= 0.6 is 15.9 Å². The van der Waals surface area contributed by atoms with Gasteiger partial charge >= 0.3 is 11.8 Å². The van der Waals surface area contributed by atoms with Gasteiger partial charge in [-0.3, -0.25) is 10.2 Å². The molecule has 1 fully saturated rings. The molecule has 0 radical (unpaired) electrons. The first-order valence-corrected chi connectivity index (χ1v) is 7.53. The van der Waals surface area contributed by atoms with Crippen LogP contribution in [0.3, 0.4) is 0 Å². The van der Waals surface area contributed by atoms with Gasteiger partial charge in [-0.1, -0.05) is 34.5 Å². The molecule has 0 bridgehead atoms. The summed E-state index contributed by atoms with van der Waals surface area (Å²) >= 11 is 3.40. The maximum atomic E-state index is 11.7. The van der Waals surface area contributed by atoms with Crippen molar-refractivity contribution in [2.24, 2.45) is 4.99 Å². The molecule has 1 saturated carbocycles. The van der Waals surface area contributed by atoms with Crippen LogP contribution in [0.25, 0.3) is 0 Å². The van der Waals surface area contributed by atoms with Crippen molar-refractivity contribution in [3.05, 3.63) is 34.3 Å². The summed E-state index contributed by atoms with van der Waals surface area (Å²) in [5, 5.41) is 16.0. The Bertz CT molecular complexity index is 589. The number of hydrogen-bond acceptors (Lipinski definition) is 2. The minimum atomic E-state index is -0.481. The van der Waals surface area contributed by atoms with Crippen molar-refractivity contribution in [2.75, 3.05) is 14.1 Å². The van der Waals surface area contributed by atoms with E-state index >= 15 is 0 Å². The van der Waals surface area contributed by atoms with Crippen LogP contribution in [-0.4, -0.2) is 41.7 Å². The van der Waals surface area contributed by atoms with Gasteiger partial charge in [0.25, 0.3) is 0 Å². The maximum Gasteiger partial charge on any atom is 0.426 e. The molecule has 1 aromatic rings. The number of nitrogens with zero attached hydrogens (tertiary/aromatic N) is 2. The highest BCUT2D eigenvalue weighted by atomic mass is 79.9. The number of amides is 1. The summed E-state index contributed by atoms with van der Waals surface area (Å²) in [6.07, 6.45) is 2.70. The van der Waals surface area contributed by atoms with E-state index in [1.165, 1.54) is 4.90 Å². The molecule has 1 aliphatic rings. The summed E-state index contributed by atoms with van der Waals surface area (Å²) in [5.41, 5.74) is 0.579. The van der Waals surface area contributed by atoms with Crippen LogP contribution < -0.4 is 0 Å². The zero-order valence-electron chi connectivity index (χ0n) is 12.1. The SMILES string of the molecule is CN(C)C(=O)C([OH2+])=NC(=N)C1(c2ccc(Br)cc2)CCC1. The summed E-state index contributed by atoms with van der Waals surface area (Å²) in [5.74, 6) is -0.755. The summed E-state index contributed by atoms with van der Waals surface area (Å²) in [6, 6.07) is 7.84. The third kappa shape index (κ3) is 3.00. The zero-order valence-corrected chi connectivity index (χ0v) is 13.7. The lowest BCUT2D eigenvalue weighted by Crippen LogP contribution is -2.42. The van der Waals surface area contributed by atoms with Gasteiger partial charge in [0.2, 0.25) is 0 Å². The monoisotopic (exact) mass is 352 g/mol. The van der Waals surface area contributed by atoms with Crippen LogP contribution in [0.4, 0.5) is 0 Å². The van der Waals surface area contributed by atoms with Crippen LogP contribution in [0.2, 0.25) is 0 Å². The normalized spacial score (nSPS) is 17.0. The summed E-state index contributed by atoms with van der Waals surface area (Å²) < 4.78 is 0.986. The molecule has 112 valence electrons. The van der Waals surface area contributed by atoms with Crippen molar-refractivity contribution >= 4 is 33.6 Å². The number of carbonyl (C=O) groups is 1. The Balaban J connectivity index is 2.29. The molecule has 0 unspecified atom stereocenters. The molecule has 6 heteroatoms. The molecule has 0 atom stereocenters. The highest BCUT2D eigenvalue weighted by Gasteiger charge is 2.44. The van der Waals surface area contributed by atoms with Gasteiger partial charge in [0, 0.05) is 18.6 Å². The number of nitrogens with one attached hydrogen (secondary N) is 1. The van der Waals surface area contributed by atoms with Crippen LogP contribution in [0.5, 0.6) is 0 Å². The Morgan fingerprint density at radius 3 is 2.33 bits per heavy atom. The molecule has 0 heterocycles. The fourth-order valence-electron chi connectivity index (χ4n) is 2.44. The van der Waals surface area contributed by atoms with E-state index in [0.29, 0.717) is 0 Å². The van der Waals surface area contributed by atoms with Gasteiger partial charge < -0.3 is 10.0 Å². The summed E-state index contributed by atoms with van der Waals surface area (Å²) in [7, 11) is 3.15. The van der Waals surface area contributed by atoms with Gasteiger partial charge in [0.05, 0.1) is 5.41 Å². The van der Waals surface area contributed by atoms with Crippen molar-refractivity contribution in [2.45, 2.75) is 24.7 Å². The van der Waals surface area contributed by atoms with Gasteiger partial charge in [-0.2, -0.15) is 0 Å². The second kappa shape index (κ2) is 5.97. The Morgan fingerprint density at radius 2 is 1.90 bits per heavy atom. The third-order valence-electron chi connectivity index (χ3n) is 3.89. The Morgan fingerprint density at radius 1 is 1.33 bits per heavy atom. The Hall–Kier alpha value is -1.69. The highest BCUT2D eigenvalue weighted by molar-refractivity contribution is 9.10. The topological polar surface area (TPSA) is 79.4 Å². The van der Waals surface area contributed by atoms with E-state index in [2.05, 4.69) is 20.9 Å². The first kappa shape index (κ1) is 15.7. The predicted molar refractivity (Wildman–Crippen MR) is 87.1 cm³/mol. The molecule has 3 N–H and O–H groups in total. The molecule has 5 nitrogen and oxygen atoms in total. The fraction of sp³-hybridized carbons (Fsp3) is 0.400. The van der Waals surface area contributed by atoms with E-state index in [4.69, 9.17) is 10.5 Å². The fourth-order valence-corrected chi connectivity index (χ4v) is 2.70. The smallest absolute Gasteiger partial charge is 0.426 e. The molecule has 0 aliphatic heterocycles. The first-order valence-electron chi connectivity index (χ1n) is 6.74. The number of amidine groups is 1. The lowest BCUT2D eigenvalue weighted by atomic mass is 9.63. The predicted octanol–water partition coefficient (Wildman–Crippen LogP) is 2.06. The molecule has 0 spiro atoms. The summed E-state index contributed by atoms with van der Waals surface area (Å²) in [4.78, 5) is 17.0. The lowest BCUT2D eigenvalue weighted by Gasteiger charge is -2.40. The molecule has 1 amide bonds. The second-order valence-corrected chi connectivity index (χ2v) is 6.37. The second-order valence-electron chi connectivity index (χ2n) is 5.45. The summed E-state index contributed by atoms with van der Waals surface area (Å²) in [6.45, 7) is 0. The van der Waals surface area contributed by atoms with Gasteiger partial charge in [-0.15, -0.1) is 4.99 Å². The van der Waals surface area contributed by atoms with Gasteiger partial charge in [-0.25, -0.2) is 0 Å². The van der Waals surface area contributed by atoms with Crippen molar-refractivity contribution in [3.63, 3.8) is 0 Å². The number of halogens is 1. The average Bonchev–Trinajstić information content (AvgIpc) is 2.38. The molecular weight excluding hydrogens is 334 g/mol. The van der Waals surface area contributed by atoms with E-state index in [9.17, 15) is 4.79 Å². The van der Waals surface area contributed by atoms with E-state index < -0.39 is 11.3 Å². The lowest BCUT2D eigenvalue weighted by molar-refractivity contribution is -0.122. The number of hydrogen-bond donors (Lipinski definition) is 1. The average molecular weight is 353 g/mol. The zero-order chi connectivity index (χ0) is 15.6. The van der Waals surface area contributed by atoms with Crippen molar-refractivity contribution in [1.82, 2.24) is 4.90 Å². The maximum absolute atomic E-state index is 11.7. The van der Waals surface area contributed by atoms with E-state index in [0.717, 1.165) is 29.3 Å². The van der Waals surface area contributed by atoms with Crippen LogP contribution in [-0.2, 0) is 10.2 Å². The van der Waals surface area contributed by atoms with Crippen molar-refractivity contribution in [1.29, 1.82) is 5.41 Å². The molecule has 21 heavy (non-hydrogen) atoms. The molecule has 0 saturated heterocycles. The number of aliphatic imine (C=N–C) groups is 1. The molecule has 1 aromatic carbocycles. The quantitative estimate of drug-likeness (QED) is 0.493. The molecule has 1 aliphatic carbocycles. The minimum absolute atomic E-state index is 0.108. The molecule has 2 rings (SSSR count). The van der Waals surface area contributed by atoms with Crippen molar-refractivity contribution < 1.29 is 9.90 Å². The van der Waals surface area contributed by atoms with Crippen LogP contribution in [0, 0.1) is 5.41 Å². The third-order valence-corrected chi connectivity index (χ3v) is 4.42. The Kier molecular flexibility index (Phi) is 4.46. The number of carbonyl (C=O) groups excluding carboxylic acids is 1. The molecule has 0 aromatic heterocycles. The van der Waals surface area contributed by atoms with Crippen LogP contribution in [0.1, 0.15) is 24.8 Å². The van der Waals surface area contributed by atoms with E-state index in [-0.39, 0.29) is 11.7 Å².